The highest BCUT2D eigenvalue weighted by Gasteiger charge is 2.11. The summed E-state index contributed by atoms with van der Waals surface area (Å²) in [4.78, 5) is 23.8. The summed E-state index contributed by atoms with van der Waals surface area (Å²) in [7, 11) is 0. The van der Waals surface area contributed by atoms with Gasteiger partial charge in [0.2, 0.25) is 11.8 Å². The van der Waals surface area contributed by atoms with Crippen LogP contribution in [-0.4, -0.2) is 29.7 Å². The van der Waals surface area contributed by atoms with Crippen LogP contribution in [-0.2, 0) is 9.59 Å². The van der Waals surface area contributed by atoms with Crippen LogP contribution in [0, 0.1) is 6.92 Å². The molecule has 2 amide bonds. The lowest BCUT2D eigenvalue weighted by atomic mass is 10.2. The van der Waals surface area contributed by atoms with E-state index < -0.39 is 18.2 Å². The van der Waals surface area contributed by atoms with Crippen LogP contribution in [0.1, 0.15) is 24.5 Å². The number of halogens is 2. The van der Waals surface area contributed by atoms with Gasteiger partial charge in [-0.15, -0.1) is 0 Å². The number of anilines is 1. The van der Waals surface area contributed by atoms with Crippen LogP contribution >= 0.6 is 23.2 Å². The third-order valence-electron chi connectivity index (χ3n) is 3.53. The largest absolute Gasteiger partial charge is 0.503 e. The van der Waals surface area contributed by atoms with Gasteiger partial charge in [-0.1, -0.05) is 29.3 Å². The van der Waals surface area contributed by atoms with Crippen molar-refractivity contribution >= 4 is 46.9 Å². The van der Waals surface area contributed by atoms with E-state index in [1.165, 1.54) is 18.3 Å². The molecule has 3 N–H and O–H groups in total. The van der Waals surface area contributed by atoms with Crippen molar-refractivity contribution in [1.82, 2.24) is 5.43 Å². The molecule has 28 heavy (non-hydrogen) atoms. The number of aryl methyl sites for hydroxylation is 1. The normalized spacial score (nSPS) is 10.7. The molecule has 0 aliphatic rings. The zero-order valence-corrected chi connectivity index (χ0v) is 16.8. The van der Waals surface area contributed by atoms with Crippen molar-refractivity contribution in [3.05, 3.63) is 51.5 Å². The third-order valence-corrected chi connectivity index (χ3v) is 4.23. The van der Waals surface area contributed by atoms with Crippen LogP contribution in [0.5, 0.6) is 11.5 Å². The predicted molar refractivity (Wildman–Crippen MR) is 109 cm³/mol. The number of carbonyl (C=O) groups excluding carboxylic acids is 2. The van der Waals surface area contributed by atoms with E-state index in [9.17, 15) is 14.7 Å². The highest BCUT2D eigenvalue weighted by molar-refractivity contribution is 6.32. The number of nitrogens with one attached hydrogen (secondary N) is 2. The summed E-state index contributed by atoms with van der Waals surface area (Å²) in [6, 6.07) is 8.05. The zero-order valence-electron chi connectivity index (χ0n) is 15.3. The minimum Gasteiger partial charge on any atom is -0.503 e. The monoisotopic (exact) mass is 423 g/mol. The van der Waals surface area contributed by atoms with Gasteiger partial charge in [0.05, 0.1) is 17.8 Å². The third kappa shape index (κ3) is 6.14. The Kier molecular flexibility index (Phi) is 7.66. The van der Waals surface area contributed by atoms with Gasteiger partial charge in [-0.05, 0) is 49.2 Å². The smallest absolute Gasteiger partial charge is 0.249 e. The second-order valence-electron chi connectivity index (χ2n) is 5.76. The average molecular weight is 424 g/mol. The number of amides is 2. The summed E-state index contributed by atoms with van der Waals surface area (Å²) in [5.41, 5.74) is 4.14. The second-order valence-corrected chi connectivity index (χ2v) is 6.58. The van der Waals surface area contributed by atoms with Crippen LogP contribution in [0.2, 0.25) is 10.0 Å². The molecular formula is C19H19Cl2N3O4. The van der Waals surface area contributed by atoms with E-state index in [4.69, 9.17) is 27.9 Å². The Morgan fingerprint density at radius 2 is 1.93 bits per heavy atom. The van der Waals surface area contributed by atoms with Crippen LogP contribution in [0.3, 0.4) is 0 Å². The van der Waals surface area contributed by atoms with E-state index in [1.54, 1.807) is 25.1 Å². The number of nitrogens with zero attached hydrogens (tertiary/aromatic N) is 1. The lowest BCUT2D eigenvalue weighted by Gasteiger charge is -2.08. The van der Waals surface area contributed by atoms with Crippen LogP contribution < -0.4 is 15.5 Å². The molecular weight excluding hydrogens is 405 g/mol. The van der Waals surface area contributed by atoms with E-state index >= 15 is 0 Å². The van der Waals surface area contributed by atoms with Crippen molar-refractivity contribution in [2.45, 2.75) is 20.3 Å². The highest BCUT2D eigenvalue weighted by Crippen LogP contribution is 2.34. The molecule has 0 heterocycles. The van der Waals surface area contributed by atoms with E-state index in [0.29, 0.717) is 22.9 Å². The number of aromatic hydroxyl groups is 1. The SMILES string of the molecule is CCOc1cc(/C=N/NC(=O)CC(=O)Nc2ccc(C)c(Cl)c2)cc(Cl)c1O. The summed E-state index contributed by atoms with van der Waals surface area (Å²) in [6.07, 6.45) is 0.909. The van der Waals surface area contributed by atoms with Gasteiger partial charge >= 0.3 is 0 Å². The van der Waals surface area contributed by atoms with Crippen molar-refractivity contribution in [2.24, 2.45) is 5.10 Å². The fourth-order valence-corrected chi connectivity index (χ4v) is 2.57. The lowest BCUT2D eigenvalue weighted by molar-refractivity contribution is -0.126. The Bertz CT molecular complexity index is 916. The molecule has 0 aromatic heterocycles. The molecule has 0 radical (unpaired) electrons. The van der Waals surface area contributed by atoms with Gasteiger partial charge in [-0.25, -0.2) is 5.43 Å². The molecule has 9 heteroatoms. The Hall–Kier alpha value is -2.77. The van der Waals surface area contributed by atoms with Gasteiger partial charge < -0.3 is 15.2 Å². The molecule has 2 rings (SSSR count). The Labute approximate surface area is 172 Å². The first-order valence-electron chi connectivity index (χ1n) is 8.33. The highest BCUT2D eigenvalue weighted by atomic mass is 35.5. The number of ether oxygens (including phenoxy) is 1. The topological polar surface area (TPSA) is 100 Å². The van der Waals surface area contributed by atoms with Crippen LogP contribution in [0.4, 0.5) is 5.69 Å². The van der Waals surface area contributed by atoms with Crippen LogP contribution in [0.25, 0.3) is 0 Å². The lowest BCUT2D eigenvalue weighted by Crippen LogP contribution is -2.24. The van der Waals surface area contributed by atoms with Crippen LogP contribution in [0.15, 0.2) is 35.4 Å². The quantitative estimate of drug-likeness (QED) is 0.357. The molecule has 2 aromatic carbocycles. The van der Waals surface area contributed by atoms with Gasteiger partial charge in [-0.2, -0.15) is 5.10 Å². The second kappa shape index (κ2) is 9.96. The van der Waals surface area contributed by atoms with Crippen molar-refractivity contribution in [3.63, 3.8) is 0 Å². The first kappa shape index (κ1) is 21.5. The van der Waals surface area contributed by atoms with Crippen molar-refractivity contribution < 1.29 is 19.4 Å². The van der Waals surface area contributed by atoms with Gasteiger partial charge in [0, 0.05) is 10.7 Å². The maximum atomic E-state index is 11.9. The van der Waals surface area contributed by atoms with Gasteiger partial charge in [0.1, 0.15) is 6.42 Å². The summed E-state index contributed by atoms with van der Waals surface area (Å²) in [5, 5.41) is 16.8. The minimum absolute atomic E-state index is 0.0925. The van der Waals surface area contributed by atoms with E-state index in [-0.39, 0.29) is 16.5 Å². The average Bonchev–Trinajstić information content (AvgIpc) is 2.62. The molecule has 0 aliphatic heterocycles. The maximum absolute atomic E-state index is 11.9. The van der Waals surface area contributed by atoms with Gasteiger partial charge in [-0.3, -0.25) is 9.59 Å². The number of hydrogen-bond acceptors (Lipinski definition) is 5. The predicted octanol–water partition coefficient (Wildman–Crippen LogP) is 3.89. The summed E-state index contributed by atoms with van der Waals surface area (Å²) >= 11 is 11.9. The van der Waals surface area contributed by atoms with Gasteiger partial charge in [0.15, 0.2) is 11.5 Å². The fraction of sp³-hybridized carbons (Fsp3) is 0.211. The Balaban J connectivity index is 1.91. The minimum atomic E-state index is -0.595. The number of phenols is 1. The molecule has 0 atom stereocenters. The molecule has 0 aliphatic carbocycles. The van der Waals surface area contributed by atoms with Crippen molar-refractivity contribution in [3.8, 4) is 11.5 Å². The summed E-state index contributed by atoms with van der Waals surface area (Å²) in [6.45, 7) is 3.96. The fourth-order valence-electron chi connectivity index (χ4n) is 2.17. The molecule has 7 nitrogen and oxygen atoms in total. The molecule has 0 saturated heterocycles. The Morgan fingerprint density at radius 1 is 1.18 bits per heavy atom. The molecule has 0 fully saturated rings. The molecule has 0 spiro atoms. The number of rotatable bonds is 7. The first-order chi connectivity index (χ1) is 13.3. The number of hydrogen-bond donors (Lipinski definition) is 3. The number of hydrazone groups is 1. The standard InChI is InChI=1S/C19H19Cl2N3O4/c1-3-28-16-7-12(6-15(21)19(16)27)10-22-24-18(26)9-17(25)23-13-5-4-11(2)14(20)8-13/h4-8,10,27H,3,9H2,1-2H3,(H,23,25)(H,24,26)/b22-10+. The molecule has 0 bridgehead atoms. The van der Waals surface area contributed by atoms with E-state index in [0.717, 1.165) is 5.56 Å². The van der Waals surface area contributed by atoms with E-state index in [2.05, 4.69) is 15.8 Å². The molecule has 0 saturated carbocycles. The Morgan fingerprint density at radius 3 is 2.61 bits per heavy atom. The molecule has 2 aromatic rings. The number of carbonyl (C=O) groups is 2. The molecule has 148 valence electrons. The van der Waals surface area contributed by atoms with Gasteiger partial charge in [0.25, 0.3) is 0 Å². The summed E-state index contributed by atoms with van der Waals surface area (Å²) < 4.78 is 5.26. The summed E-state index contributed by atoms with van der Waals surface area (Å²) in [5.74, 6) is -1.06. The van der Waals surface area contributed by atoms with Crippen molar-refractivity contribution in [2.75, 3.05) is 11.9 Å². The number of benzene rings is 2. The zero-order chi connectivity index (χ0) is 20.7. The van der Waals surface area contributed by atoms with Crippen molar-refractivity contribution in [1.29, 1.82) is 0 Å². The van der Waals surface area contributed by atoms with E-state index in [1.807, 2.05) is 6.92 Å². The first-order valence-corrected chi connectivity index (χ1v) is 9.09. The maximum Gasteiger partial charge on any atom is 0.249 e. The molecule has 0 unspecified atom stereocenters. The number of phenolic OH excluding ortho intramolecular Hbond substituents is 1.